The summed E-state index contributed by atoms with van der Waals surface area (Å²) < 4.78 is 5.48. The molecule has 2 fully saturated rings. The van der Waals surface area contributed by atoms with Crippen molar-refractivity contribution in [1.29, 1.82) is 0 Å². The van der Waals surface area contributed by atoms with Crippen molar-refractivity contribution in [2.24, 2.45) is 5.92 Å². The Labute approximate surface area is 108 Å². The number of benzene rings is 1. The molecule has 0 aromatic heterocycles. The molecule has 1 aromatic carbocycles. The summed E-state index contributed by atoms with van der Waals surface area (Å²) in [4.78, 5) is 12.3. The van der Waals surface area contributed by atoms with Crippen LogP contribution in [0.1, 0.15) is 54.4 Å². The average molecular weight is 244 g/mol. The molecule has 1 aliphatic heterocycles. The van der Waals surface area contributed by atoms with Crippen LogP contribution in [0.25, 0.3) is 0 Å². The smallest absolute Gasteiger partial charge is 0.168 e. The van der Waals surface area contributed by atoms with Crippen LogP contribution in [0.3, 0.4) is 0 Å². The van der Waals surface area contributed by atoms with Crippen LogP contribution in [0.2, 0.25) is 0 Å². The predicted octanol–water partition coefficient (Wildman–Crippen LogP) is 3.56. The van der Waals surface area contributed by atoms with Crippen molar-refractivity contribution in [2.45, 2.75) is 44.6 Å². The lowest BCUT2D eigenvalue weighted by atomic mass is 9.79. The standard InChI is InChI=1S/C16H20O2/c1-11-9-15(10-18-11)16(17)14-7-5-13(6-8-14)12-3-2-4-12/h5-8,11-12,15H,2-4,9-10H2,1H3. The SMILES string of the molecule is CC1CC(C(=O)c2ccc(C3CCC3)cc2)CO1. The van der Waals surface area contributed by atoms with Crippen molar-refractivity contribution in [3.8, 4) is 0 Å². The number of ketones is 1. The Morgan fingerprint density at radius 3 is 2.44 bits per heavy atom. The summed E-state index contributed by atoms with van der Waals surface area (Å²) in [5.74, 6) is 1.05. The normalized spacial score (nSPS) is 28.1. The molecule has 1 saturated heterocycles. The van der Waals surface area contributed by atoms with Gasteiger partial charge in [-0.25, -0.2) is 0 Å². The van der Waals surface area contributed by atoms with E-state index >= 15 is 0 Å². The molecule has 1 aliphatic carbocycles. The summed E-state index contributed by atoms with van der Waals surface area (Å²) in [5, 5.41) is 0. The molecule has 2 nitrogen and oxygen atoms in total. The average Bonchev–Trinajstić information content (AvgIpc) is 2.74. The zero-order valence-corrected chi connectivity index (χ0v) is 10.9. The molecule has 2 aliphatic rings. The highest BCUT2D eigenvalue weighted by Gasteiger charge is 2.29. The number of rotatable bonds is 3. The monoisotopic (exact) mass is 244 g/mol. The van der Waals surface area contributed by atoms with Crippen LogP contribution in [-0.4, -0.2) is 18.5 Å². The van der Waals surface area contributed by atoms with Gasteiger partial charge in [0.05, 0.1) is 12.7 Å². The minimum absolute atomic E-state index is 0.0644. The number of carbonyl (C=O) groups is 1. The molecule has 2 atom stereocenters. The van der Waals surface area contributed by atoms with E-state index in [9.17, 15) is 4.79 Å². The predicted molar refractivity (Wildman–Crippen MR) is 70.9 cm³/mol. The van der Waals surface area contributed by atoms with Crippen LogP contribution < -0.4 is 0 Å². The second-order valence-corrected chi connectivity index (χ2v) is 5.69. The lowest BCUT2D eigenvalue weighted by Crippen LogP contribution is -2.15. The zero-order chi connectivity index (χ0) is 12.5. The van der Waals surface area contributed by atoms with Crippen LogP contribution in [0.4, 0.5) is 0 Å². The van der Waals surface area contributed by atoms with Crippen molar-refractivity contribution in [3.05, 3.63) is 35.4 Å². The second kappa shape index (κ2) is 4.85. The third kappa shape index (κ3) is 2.22. The van der Waals surface area contributed by atoms with E-state index in [2.05, 4.69) is 12.1 Å². The van der Waals surface area contributed by atoms with E-state index in [1.807, 2.05) is 19.1 Å². The maximum Gasteiger partial charge on any atom is 0.168 e. The highest BCUT2D eigenvalue weighted by atomic mass is 16.5. The van der Waals surface area contributed by atoms with Gasteiger partial charge in [-0.2, -0.15) is 0 Å². The van der Waals surface area contributed by atoms with E-state index in [0.29, 0.717) is 6.61 Å². The van der Waals surface area contributed by atoms with Gasteiger partial charge in [-0.05, 0) is 37.7 Å². The van der Waals surface area contributed by atoms with Crippen LogP contribution in [0.5, 0.6) is 0 Å². The number of ether oxygens (including phenoxy) is 1. The van der Waals surface area contributed by atoms with E-state index in [0.717, 1.165) is 17.9 Å². The Kier molecular flexibility index (Phi) is 3.21. The zero-order valence-electron chi connectivity index (χ0n) is 10.9. The number of hydrogen-bond acceptors (Lipinski definition) is 2. The first-order valence-corrected chi connectivity index (χ1v) is 7.00. The minimum atomic E-state index is 0.0644. The second-order valence-electron chi connectivity index (χ2n) is 5.69. The molecule has 0 amide bonds. The summed E-state index contributed by atoms with van der Waals surface area (Å²) in [6.07, 6.45) is 5.06. The topological polar surface area (TPSA) is 26.3 Å². The third-order valence-corrected chi connectivity index (χ3v) is 4.34. The molecular formula is C16H20O2. The van der Waals surface area contributed by atoms with Gasteiger partial charge in [-0.1, -0.05) is 30.7 Å². The Hall–Kier alpha value is -1.15. The lowest BCUT2D eigenvalue weighted by molar-refractivity contribution is 0.0877. The fraction of sp³-hybridized carbons (Fsp3) is 0.562. The number of carbonyl (C=O) groups excluding carboxylic acids is 1. The van der Waals surface area contributed by atoms with Crippen molar-refractivity contribution >= 4 is 5.78 Å². The van der Waals surface area contributed by atoms with E-state index in [1.165, 1.54) is 24.8 Å². The molecule has 3 rings (SSSR count). The lowest BCUT2D eigenvalue weighted by Gasteiger charge is -2.25. The van der Waals surface area contributed by atoms with E-state index in [1.54, 1.807) is 0 Å². The van der Waals surface area contributed by atoms with E-state index < -0.39 is 0 Å². The van der Waals surface area contributed by atoms with Gasteiger partial charge < -0.3 is 4.74 Å². The molecule has 1 heterocycles. The molecule has 0 spiro atoms. The fourth-order valence-corrected chi connectivity index (χ4v) is 2.90. The molecule has 2 unspecified atom stereocenters. The number of Topliss-reactive ketones (excluding diaryl/α,β-unsaturated/α-hetero) is 1. The fourth-order valence-electron chi connectivity index (χ4n) is 2.90. The summed E-state index contributed by atoms with van der Waals surface area (Å²) in [7, 11) is 0. The van der Waals surface area contributed by atoms with Gasteiger partial charge in [-0.15, -0.1) is 0 Å². The van der Waals surface area contributed by atoms with Gasteiger partial charge in [0, 0.05) is 11.5 Å². The first kappa shape index (κ1) is 11.9. The molecule has 2 heteroatoms. The molecule has 1 aromatic rings. The Bertz CT molecular complexity index is 431. The quantitative estimate of drug-likeness (QED) is 0.760. The molecule has 0 bridgehead atoms. The van der Waals surface area contributed by atoms with Crippen LogP contribution in [0, 0.1) is 5.92 Å². The summed E-state index contributed by atoms with van der Waals surface area (Å²) in [6, 6.07) is 8.27. The molecular weight excluding hydrogens is 224 g/mol. The van der Waals surface area contributed by atoms with Crippen molar-refractivity contribution in [2.75, 3.05) is 6.61 Å². The summed E-state index contributed by atoms with van der Waals surface area (Å²) in [5.41, 5.74) is 2.25. The highest BCUT2D eigenvalue weighted by Crippen LogP contribution is 2.36. The maximum absolute atomic E-state index is 12.3. The largest absolute Gasteiger partial charge is 0.378 e. The Morgan fingerprint density at radius 1 is 1.22 bits per heavy atom. The molecule has 0 radical (unpaired) electrons. The molecule has 1 saturated carbocycles. The van der Waals surface area contributed by atoms with Crippen molar-refractivity contribution in [1.82, 2.24) is 0 Å². The van der Waals surface area contributed by atoms with Crippen molar-refractivity contribution < 1.29 is 9.53 Å². The van der Waals surface area contributed by atoms with Gasteiger partial charge in [0.25, 0.3) is 0 Å². The van der Waals surface area contributed by atoms with Gasteiger partial charge in [0.15, 0.2) is 5.78 Å². The van der Waals surface area contributed by atoms with Gasteiger partial charge in [0.1, 0.15) is 0 Å². The Balaban J connectivity index is 1.70. The summed E-state index contributed by atoms with van der Waals surface area (Å²) >= 11 is 0. The third-order valence-electron chi connectivity index (χ3n) is 4.34. The Morgan fingerprint density at radius 2 is 1.94 bits per heavy atom. The maximum atomic E-state index is 12.3. The van der Waals surface area contributed by atoms with E-state index in [4.69, 9.17) is 4.74 Å². The number of hydrogen-bond donors (Lipinski definition) is 0. The van der Waals surface area contributed by atoms with Crippen LogP contribution in [0.15, 0.2) is 24.3 Å². The van der Waals surface area contributed by atoms with Crippen molar-refractivity contribution in [3.63, 3.8) is 0 Å². The minimum Gasteiger partial charge on any atom is -0.378 e. The van der Waals surface area contributed by atoms with Gasteiger partial charge in [-0.3, -0.25) is 4.79 Å². The first-order valence-electron chi connectivity index (χ1n) is 7.00. The molecule has 18 heavy (non-hydrogen) atoms. The van der Waals surface area contributed by atoms with Crippen LogP contribution in [-0.2, 0) is 4.74 Å². The summed E-state index contributed by atoms with van der Waals surface area (Å²) in [6.45, 7) is 2.62. The first-order chi connectivity index (χ1) is 8.74. The molecule has 96 valence electrons. The van der Waals surface area contributed by atoms with Crippen LogP contribution >= 0.6 is 0 Å². The van der Waals surface area contributed by atoms with E-state index in [-0.39, 0.29) is 17.8 Å². The van der Waals surface area contributed by atoms with Gasteiger partial charge >= 0.3 is 0 Å². The molecule has 0 N–H and O–H groups in total. The van der Waals surface area contributed by atoms with Gasteiger partial charge in [0.2, 0.25) is 0 Å². The highest BCUT2D eigenvalue weighted by molar-refractivity contribution is 5.98.